The van der Waals surface area contributed by atoms with E-state index in [1.54, 1.807) is 32.3 Å². The lowest BCUT2D eigenvalue weighted by atomic mass is 9.75. The van der Waals surface area contributed by atoms with Gasteiger partial charge in [-0.05, 0) is 75.1 Å². The lowest BCUT2D eigenvalue weighted by Crippen LogP contribution is -2.33. The van der Waals surface area contributed by atoms with E-state index in [-0.39, 0.29) is 98.0 Å². The highest BCUT2D eigenvalue weighted by Crippen LogP contribution is 2.51. The van der Waals surface area contributed by atoms with Crippen LogP contribution in [0.2, 0.25) is 0 Å². The van der Waals surface area contributed by atoms with Crippen LogP contribution in [0.3, 0.4) is 0 Å². The van der Waals surface area contributed by atoms with Crippen LogP contribution >= 0.6 is 0 Å². The van der Waals surface area contributed by atoms with Gasteiger partial charge in [0.2, 0.25) is 5.69 Å². The number of rotatable bonds is 30. The highest BCUT2D eigenvalue weighted by atomic mass is 32.2. The Morgan fingerprint density at radius 3 is 1.90 bits per heavy atom. The lowest BCUT2D eigenvalue weighted by Gasteiger charge is -2.30. The first-order valence-electron chi connectivity index (χ1n) is 22.4. The number of benzene rings is 2. The third-order valence-corrected chi connectivity index (χ3v) is 14.6. The predicted octanol–water partition coefficient (Wildman–Crippen LogP) is 2.14. The number of anilines is 1. The maximum absolute atomic E-state index is 12.3. The number of fused-ring (bicyclic) bond motifs is 2. The molecular weight excluding hydrogens is 983 g/mol. The molecule has 70 heavy (non-hydrogen) atoms. The number of amides is 2. The molecule has 0 aliphatic carbocycles. The molecule has 0 saturated carbocycles. The van der Waals surface area contributed by atoms with Gasteiger partial charge in [0.05, 0.1) is 84.6 Å². The van der Waals surface area contributed by atoms with E-state index in [1.807, 2.05) is 16.4 Å². The van der Waals surface area contributed by atoms with Crippen LogP contribution < -0.4 is 4.90 Å². The van der Waals surface area contributed by atoms with Crippen molar-refractivity contribution in [3.8, 4) is 0 Å². The Hall–Kier alpha value is -4.51. The molecule has 1 fully saturated rings. The van der Waals surface area contributed by atoms with Crippen LogP contribution in [0.25, 0.3) is 0 Å². The van der Waals surface area contributed by atoms with E-state index in [9.17, 15) is 53.3 Å². The summed E-state index contributed by atoms with van der Waals surface area (Å²) in [4.78, 5) is 41.4. The SMILES string of the molecule is COCCOCCOCC[N+]1=C(/C=C/C=C2/N(CCOCCOCCC(=O)ON3C(=O)CCC3=O)c3ccc(S(=O)(=O)[O-])cc3C2(C)CCOC)C(C)(CCCS(=O)(=O)[O-])c2cc(S(=O)(=O)[O-])ccc21. The summed E-state index contributed by atoms with van der Waals surface area (Å²) in [6.45, 7) is 5.91. The number of carbonyl (C=O) groups is 3. The van der Waals surface area contributed by atoms with Crippen molar-refractivity contribution < 1.29 is 91.1 Å². The molecular formula is C45H59N3O19S3-2. The van der Waals surface area contributed by atoms with Gasteiger partial charge in [-0.2, -0.15) is 4.58 Å². The number of hydroxylamine groups is 2. The normalized spacial score (nSPS) is 20.1. The molecule has 0 bridgehead atoms. The van der Waals surface area contributed by atoms with E-state index in [4.69, 9.17) is 33.3 Å². The standard InChI is InChI=1S/C45H61N3O19S3/c1-44(16-6-30-68(52,53)54)35-31-33(69(55,56)57)9-11-37(35)46(18-22-65-28-29-66-25-24-62-4)39(44)7-5-8-40-45(2,17-21-61-3)36-32-34(70(58,59)60)10-12-38(36)47(40)19-23-64-27-26-63-20-15-43(51)67-48-41(49)13-14-42(48)50/h5,7-12,31-32H,6,13-30H2,1-4H3,(H2-,52,53,54,55,56,57,58,59,60)/p-2. The van der Waals surface area contributed by atoms with Gasteiger partial charge in [0.1, 0.15) is 26.8 Å². The summed E-state index contributed by atoms with van der Waals surface area (Å²) < 4.78 is 144. The molecule has 5 rings (SSSR count). The van der Waals surface area contributed by atoms with E-state index in [1.165, 1.54) is 43.5 Å². The number of methoxy groups -OCH3 is 2. The summed E-state index contributed by atoms with van der Waals surface area (Å²) >= 11 is 0. The van der Waals surface area contributed by atoms with Crippen LogP contribution in [-0.4, -0.2) is 171 Å². The van der Waals surface area contributed by atoms with Crippen LogP contribution in [0.5, 0.6) is 0 Å². The second-order valence-corrected chi connectivity index (χ2v) is 21.2. The van der Waals surface area contributed by atoms with Crippen LogP contribution in [-0.2, 0) is 88.8 Å². The molecule has 2 aromatic rings. The molecule has 2 aromatic carbocycles. The molecule has 0 spiro atoms. The van der Waals surface area contributed by atoms with Crippen molar-refractivity contribution in [2.24, 2.45) is 0 Å². The first-order chi connectivity index (χ1) is 33.0. The van der Waals surface area contributed by atoms with Crippen molar-refractivity contribution in [2.75, 3.05) is 104 Å². The van der Waals surface area contributed by atoms with Crippen molar-refractivity contribution in [1.29, 1.82) is 0 Å². The van der Waals surface area contributed by atoms with Crippen LogP contribution in [0.4, 0.5) is 11.4 Å². The largest absolute Gasteiger partial charge is 0.748 e. The Balaban J connectivity index is 1.46. The number of imide groups is 1. The molecule has 1 saturated heterocycles. The molecule has 0 radical (unpaired) electrons. The average Bonchev–Trinajstić information content (AvgIpc) is 3.82. The third-order valence-electron chi connectivity index (χ3n) is 12.1. The quantitative estimate of drug-likeness (QED) is 0.0468. The zero-order valence-electron chi connectivity index (χ0n) is 39.5. The first kappa shape index (κ1) is 56.4. The lowest BCUT2D eigenvalue weighted by molar-refractivity contribution is -0.442. The molecule has 3 heterocycles. The Morgan fingerprint density at radius 1 is 0.714 bits per heavy atom. The molecule has 388 valence electrons. The monoisotopic (exact) mass is 1040 g/mol. The second-order valence-electron chi connectivity index (χ2n) is 16.9. The maximum Gasteiger partial charge on any atom is 0.335 e. The zero-order valence-corrected chi connectivity index (χ0v) is 41.9. The molecule has 22 nitrogen and oxygen atoms in total. The molecule has 2 amide bonds. The fraction of sp³-hybridized carbons (Fsp3) is 0.556. The molecule has 3 aliphatic heterocycles. The van der Waals surface area contributed by atoms with Crippen LogP contribution in [0, 0.1) is 0 Å². The number of ether oxygens (including phenoxy) is 6. The van der Waals surface area contributed by atoms with Crippen molar-refractivity contribution in [2.45, 2.75) is 73.0 Å². The molecule has 3 aliphatic rings. The zero-order chi connectivity index (χ0) is 51.3. The number of allylic oxidation sites excluding steroid dienone is 4. The minimum Gasteiger partial charge on any atom is -0.748 e. The van der Waals surface area contributed by atoms with Crippen LogP contribution in [0.1, 0.15) is 63.5 Å². The van der Waals surface area contributed by atoms with Crippen molar-refractivity contribution in [3.05, 3.63) is 71.5 Å². The molecule has 2 unspecified atom stereocenters. The Morgan fingerprint density at radius 2 is 1.29 bits per heavy atom. The van der Waals surface area contributed by atoms with Gasteiger partial charge in [0.15, 0.2) is 12.3 Å². The highest BCUT2D eigenvalue weighted by Gasteiger charge is 2.48. The number of nitrogens with zero attached hydrogens (tertiary/aromatic N) is 3. The van der Waals surface area contributed by atoms with Crippen molar-refractivity contribution >= 4 is 65.2 Å². The minimum atomic E-state index is -4.93. The highest BCUT2D eigenvalue weighted by molar-refractivity contribution is 7.86. The summed E-state index contributed by atoms with van der Waals surface area (Å²) in [6.07, 6.45) is 5.25. The Labute approximate surface area is 408 Å². The van der Waals surface area contributed by atoms with Crippen molar-refractivity contribution in [1.82, 2.24) is 5.06 Å². The maximum atomic E-state index is 12.3. The van der Waals surface area contributed by atoms with Crippen molar-refractivity contribution in [3.63, 3.8) is 0 Å². The molecule has 0 aromatic heterocycles. The van der Waals surface area contributed by atoms with Gasteiger partial charge in [-0.3, -0.25) is 9.59 Å². The van der Waals surface area contributed by atoms with E-state index in [2.05, 4.69) is 0 Å². The summed E-state index contributed by atoms with van der Waals surface area (Å²) in [5, 5.41) is 0.457. The second kappa shape index (κ2) is 24.7. The van der Waals surface area contributed by atoms with E-state index < -0.39 is 74.5 Å². The Kier molecular flexibility index (Phi) is 19.9. The fourth-order valence-electron chi connectivity index (χ4n) is 8.58. The number of carbonyl (C=O) groups excluding carboxylic acids is 3. The van der Waals surface area contributed by atoms with Crippen LogP contribution in [0.15, 0.2) is 70.1 Å². The Bertz CT molecular complexity index is 2640. The first-order valence-corrected chi connectivity index (χ1v) is 26.8. The summed E-state index contributed by atoms with van der Waals surface area (Å²) in [5.74, 6) is -2.71. The molecule has 0 N–H and O–H groups in total. The molecule has 25 heteroatoms. The van der Waals surface area contributed by atoms with E-state index in [0.717, 1.165) is 0 Å². The van der Waals surface area contributed by atoms with Gasteiger partial charge < -0.3 is 51.8 Å². The van der Waals surface area contributed by atoms with E-state index in [0.29, 0.717) is 58.6 Å². The summed E-state index contributed by atoms with van der Waals surface area (Å²) in [6, 6.07) is 8.05. The van der Waals surface area contributed by atoms with Gasteiger partial charge in [0, 0.05) is 80.5 Å². The summed E-state index contributed by atoms with van der Waals surface area (Å²) in [5.41, 5.74) is 1.11. The van der Waals surface area contributed by atoms with Gasteiger partial charge in [-0.25, -0.2) is 30.0 Å². The van der Waals surface area contributed by atoms with Gasteiger partial charge >= 0.3 is 5.97 Å². The number of hydrogen-bond donors (Lipinski definition) is 0. The fourth-order valence-corrected chi connectivity index (χ4v) is 10.1. The predicted molar refractivity (Wildman–Crippen MR) is 245 cm³/mol. The van der Waals surface area contributed by atoms with Gasteiger partial charge in [0.25, 0.3) is 11.8 Å². The minimum absolute atomic E-state index is 0.0326. The summed E-state index contributed by atoms with van der Waals surface area (Å²) in [7, 11) is -11.4. The average molecular weight is 1040 g/mol. The van der Waals surface area contributed by atoms with E-state index >= 15 is 0 Å². The van der Waals surface area contributed by atoms with Gasteiger partial charge in [-0.1, -0.05) is 6.08 Å². The number of hydrogen-bond acceptors (Lipinski definition) is 20. The smallest absolute Gasteiger partial charge is 0.335 e. The molecule has 2 atom stereocenters. The third kappa shape index (κ3) is 14.6. The topological polar surface area (TPSA) is 297 Å². The van der Waals surface area contributed by atoms with Gasteiger partial charge in [-0.15, -0.1) is 5.06 Å².